The summed E-state index contributed by atoms with van der Waals surface area (Å²) in [4.78, 5) is 0. The van der Waals surface area contributed by atoms with E-state index in [1.165, 1.54) is 12.1 Å². The first-order valence-electron chi connectivity index (χ1n) is 9.61. The van der Waals surface area contributed by atoms with Crippen molar-refractivity contribution in [1.29, 1.82) is 0 Å². The highest BCUT2D eigenvalue weighted by Gasteiger charge is 2.41. The summed E-state index contributed by atoms with van der Waals surface area (Å²) >= 11 is 2.38. The average molecular weight is 470 g/mol. The molecular formula is C21H29BrFN3OS. The Morgan fingerprint density at radius 1 is 1.25 bits per heavy atom. The molecule has 2 aromatic rings. The van der Waals surface area contributed by atoms with Crippen LogP contribution < -0.4 is 4.72 Å². The molecule has 1 fully saturated rings. The third kappa shape index (κ3) is 4.64. The van der Waals surface area contributed by atoms with Crippen molar-refractivity contribution in [2.24, 2.45) is 5.92 Å². The number of rotatable bonds is 5. The Labute approximate surface area is 178 Å². The highest BCUT2D eigenvalue weighted by molar-refractivity contribution is 9.10. The lowest BCUT2D eigenvalue weighted by molar-refractivity contribution is 0.359. The molecule has 0 saturated heterocycles. The molecule has 3 rings (SSSR count). The first-order chi connectivity index (χ1) is 12.9. The minimum Gasteiger partial charge on any atom is -0.598 e. The Morgan fingerprint density at radius 3 is 2.43 bits per heavy atom. The highest BCUT2D eigenvalue weighted by atomic mass is 79.9. The topological polar surface area (TPSA) is 52.9 Å². The predicted octanol–water partition coefficient (Wildman–Crippen LogP) is 5.71. The van der Waals surface area contributed by atoms with Gasteiger partial charge in [0.05, 0.1) is 23.5 Å². The average Bonchev–Trinajstić information content (AvgIpc) is 3.30. The molecule has 4 nitrogen and oxygen atoms in total. The first-order valence-corrected chi connectivity index (χ1v) is 11.6. The second kappa shape index (κ2) is 7.74. The van der Waals surface area contributed by atoms with Crippen LogP contribution >= 0.6 is 15.9 Å². The monoisotopic (exact) mass is 469 g/mol. The zero-order chi connectivity index (χ0) is 20.9. The van der Waals surface area contributed by atoms with Gasteiger partial charge in [0.1, 0.15) is 10.6 Å². The van der Waals surface area contributed by atoms with E-state index >= 15 is 0 Å². The van der Waals surface area contributed by atoms with Crippen molar-refractivity contribution in [2.45, 2.75) is 70.7 Å². The Balaban J connectivity index is 2.15. The van der Waals surface area contributed by atoms with E-state index in [4.69, 9.17) is 0 Å². The van der Waals surface area contributed by atoms with Gasteiger partial charge in [-0.1, -0.05) is 15.9 Å². The lowest BCUT2D eigenvalue weighted by Gasteiger charge is -2.29. The summed E-state index contributed by atoms with van der Waals surface area (Å²) in [7, 11) is 0. The maximum atomic E-state index is 14.1. The predicted molar refractivity (Wildman–Crippen MR) is 117 cm³/mol. The molecule has 1 aromatic heterocycles. The molecule has 154 valence electrons. The third-order valence-corrected chi connectivity index (χ3v) is 7.11. The summed E-state index contributed by atoms with van der Waals surface area (Å²) in [5.74, 6) is 0.120. The molecule has 28 heavy (non-hydrogen) atoms. The zero-order valence-corrected chi connectivity index (χ0v) is 19.7. The Kier molecular flexibility index (Phi) is 6.03. The van der Waals surface area contributed by atoms with Crippen molar-refractivity contribution >= 4 is 27.3 Å². The van der Waals surface area contributed by atoms with Crippen LogP contribution in [0.5, 0.6) is 0 Å². The van der Waals surface area contributed by atoms with Gasteiger partial charge >= 0.3 is 0 Å². The third-order valence-electron chi connectivity index (χ3n) is 4.84. The van der Waals surface area contributed by atoms with Gasteiger partial charge in [0, 0.05) is 27.0 Å². The zero-order valence-electron chi connectivity index (χ0n) is 17.3. The molecule has 0 radical (unpaired) electrons. The van der Waals surface area contributed by atoms with Crippen molar-refractivity contribution in [3.8, 4) is 11.3 Å². The maximum absolute atomic E-state index is 14.1. The molecule has 0 unspecified atom stereocenters. The van der Waals surface area contributed by atoms with E-state index < -0.39 is 11.4 Å². The van der Waals surface area contributed by atoms with Crippen molar-refractivity contribution in [3.63, 3.8) is 0 Å². The fourth-order valence-electron chi connectivity index (χ4n) is 3.18. The van der Waals surface area contributed by atoms with Crippen LogP contribution in [0.2, 0.25) is 0 Å². The largest absolute Gasteiger partial charge is 0.598 e. The molecule has 0 amide bonds. The normalized spacial score (nSPS) is 17.6. The van der Waals surface area contributed by atoms with Crippen LogP contribution in [0, 0.1) is 11.7 Å². The standard InChI is InChI=1S/C21H29BrFN3OS/c1-20(2,3)26-19(15-11-14(23)9-10-17(15)22)16(12-24-26)18(13-7-8-13)25-28(27)21(4,5)6/h9-13,18,25H,7-8H2,1-6H3/t18-,28-/m1/s1. The summed E-state index contributed by atoms with van der Waals surface area (Å²) in [6, 6.07) is 4.62. The van der Waals surface area contributed by atoms with E-state index in [2.05, 4.69) is 46.5 Å². The molecule has 2 atom stereocenters. The smallest absolute Gasteiger partial charge is 0.136 e. The number of nitrogens with one attached hydrogen (secondary N) is 1. The van der Waals surface area contributed by atoms with E-state index in [0.29, 0.717) is 5.92 Å². The Bertz CT molecular complexity index is 852. The molecule has 1 heterocycles. The Morgan fingerprint density at radius 2 is 1.89 bits per heavy atom. The van der Waals surface area contributed by atoms with Crippen molar-refractivity contribution in [2.75, 3.05) is 0 Å². The van der Waals surface area contributed by atoms with E-state index in [1.54, 1.807) is 6.07 Å². The summed E-state index contributed by atoms with van der Waals surface area (Å²) in [5.41, 5.74) is 2.32. The quantitative estimate of drug-likeness (QED) is 0.570. The van der Waals surface area contributed by atoms with Gasteiger partial charge in [-0.25, -0.2) is 4.39 Å². The molecule has 7 heteroatoms. The van der Waals surface area contributed by atoms with E-state index in [9.17, 15) is 8.94 Å². The summed E-state index contributed by atoms with van der Waals surface area (Å²) in [6.07, 6.45) is 4.03. The maximum Gasteiger partial charge on any atom is 0.136 e. The minimum atomic E-state index is -1.21. The number of aromatic nitrogens is 2. The molecule has 1 aromatic carbocycles. The Hall–Kier alpha value is -0.890. The number of halogens is 2. The first kappa shape index (κ1) is 21.8. The van der Waals surface area contributed by atoms with Crippen molar-refractivity contribution < 1.29 is 8.94 Å². The van der Waals surface area contributed by atoms with E-state index in [-0.39, 0.29) is 22.1 Å². The van der Waals surface area contributed by atoms with Crippen LogP contribution in [0.15, 0.2) is 28.9 Å². The van der Waals surface area contributed by atoms with Gasteiger partial charge in [-0.05, 0) is 78.5 Å². The molecule has 1 aliphatic carbocycles. The molecule has 1 saturated carbocycles. The van der Waals surface area contributed by atoms with E-state index in [1.807, 2.05) is 31.6 Å². The molecule has 0 aliphatic heterocycles. The van der Waals surface area contributed by atoms with Crippen molar-refractivity contribution in [3.05, 3.63) is 40.2 Å². The number of hydrogen-bond acceptors (Lipinski definition) is 3. The summed E-state index contributed by atoms with van der Waals surface area (Å²) < 4.78 is 32.7. The second-order valence-electron chi connectivity index (χ2n) is 9.47. The van der Waals surface area contributed by atoms with Crippen LogP contribution in [0.1, 0.15) is 66.0 Å². The van der Waals surface area contributed by atoms with Crippen LogP contribution in [0.25, 0.3) is 11.3 Å². The summed E-state index contributed by atoms with van der Waals surface area (Å²) in [5, 5.41) is 4.67. The second-order valence-corrected chi connectivity index (χ2v) is 12.3. The van der Waals surface area contributed by atoms with Crippen LogP contribution in [-0.4, -0.2) is 19.1 Å². The highest BCUT2D eigenvalue weighted by Crippen LogP contribution is 2.46. The summed E-state index contributed by atoms with van der Waals surface area (Å²) in [6.45, 7) is 12.1. The van der Waals surface area contributed by atoms with E-state index in [0.717, 1.165) is 34.1 Å². The van der Waals surface area contributed by atoms with Gasteiger partial charge in [-0.3, -0.25) is 4.68 Å². The molecule has 0 spiro atoms. The lowest BCUT2D eigenvalue weighted by atomic mass is 9.98. The van der Waals surface area contributed by atoms with Gasteiger partial charge in [0.2, 0.25) is 0 Å². The lowest BCUT2D eigenvalue weighted by Crippen LogP contribution is -2.42. The fraction of sp³-hybridized carbons (Fsp3) is 0.571. The van der Waals surface area contributed by atoms with Gasteiger partial charge in [-0.15, -0.1) is 4.72 Å². The van der Waals surface area contributed by atoms with Gasteiger partial charge in [0.15, 0.2) is 0 Å². The SMILES string of the molecule is CC(C)(C)n1ncc([C@H](N[S@+]([O-])C(C)(C)C)C2CC2)c1-c1cc(F)ccc1Br. The van der Waals surface area contributed by atoms with Gasteiger partial charge < -0.3 is 4.55 Å². The molecule has 0 bridgehead atoms. The van der Waals surface area contributed by atoms with Crippen molar-refractivity contribution in [1.82, 2.24) is 14.5 Å². The van der Waals surface area contributed by atoms with Gasteiger partial charge in [-0.2, -0.15) is 5.10 Å². The molecular weight excluding hydrogens is 441 g/mol. The number of benzene rings is 1. The van der Waals surface area contributed by atoms with Crippen LogP contribution in [-0.2, 0) is 16.9 Å². The molecule has 1 N–H and O–H groups in total. The number of hydrogen-bond donors (Lipinski definition) is 1. The van der Waals surface area contributed by atoms with Crippen LogP contribution in [0.3, 0.4) is 0 Å². The minimum absolute atomic E-state index is 0.0821. The van der Waals surface area contributed by atoms with Gasteiger partial charge in [0.25, 0.3) is 0 Å². The fourth-order valence-corrected chi connectivity index (χ4v) is 4.52. The number of nitrogens with zero attached hydrogens (tertiary/aromatic N) is 2. The molecule has 1 aliphatic rings. The van der Waals surface area contributed by atoms with Crippen LogP contribution in [0.4, 0.5) is 4.39 Å².